The van der Waals surface area contributed by atoms with E-state index in [9.17, 15) is 4.79 Å². The van der Waals surface area contributed by atoms with Gasteiger partial charge < -0.3 is 20.2 Å². The molecular weight excluding hydrogens is 318 g/mol. The fraction of sp³-hybridized carbons (Fsp3) is 0.357. The number of thioether (sulfide) groups is 1. The van der Waals surface area contributed by atoms with Gasteiger partial charge in [0.2, 0.25) is 11.1 Å². The molecule has 0 spiro atoms. The number of hydrogen-bond donors (Lipinski definition) is 1. The molecule has 0 fully saturated rings. The van der Waals surface area contributed by atoms with Gasteiger partial charge in [-0.3, -0.25) is 4.79 Å². The van der Waals surface area contributed by atoms with Gasteiger partial charge in [0.05, 0.1) is 12.9 Å². The van der Waals surface area contributed by atoms with Crippen LogP contribution in [0.4, 0.5) is 0 Å². The van der Waals surface area contributed by atoms with E-state index in [0.717, 1.165) is 0 Å². The first-order chi connectivity index (χ1) is 11.0. The summed E-state index contributed by atoms with van der Waals surface area (Å²) in [6.45, 7) is 0.166. The lowest BCUT2D eigenvalue weighted by Crippen LogP contribution is -2.24. The average Bonchev–Trinajstić information content (AvgIpc) is 2.91. The SMILES string of the molecule is COc1cccc(OCc2nnc(SCC(=O)N(C)C)n2N)c1. The van der Waals surface area contributed by atoms with Gasteiger partial charge in [-0.05, 0) is 12.1 Å². The Morgan fingerprint density at radius 2 is 2.09 bits per heavy atom. The number of hydrogen-bond acceptors (Lipinski definition) is 7. The van der Waals surface area contributed by atoms with Crippen molar-refractivity contribution in [2.24, 2.45) is 0 Å². The summed E-state index contributed by atoms with van der Waals surface area (Å²) in [5.74, 6) is 7.97. The van der Waals surface area contributed by atoms with Crippen LogP contribution in [0.25, 0.3) is 0 Å². The number of rotatable bonds is 7. The molecule has 1 amide bonds. The lowest BCUT2D eigenvalue weighted by Gasteiger charge is -2.09. The van der Waals surface area contributed by atoms with E-state index >= 15 is 0 Å². The zero-order valence-corrected chi connectivity index (χ0v) is 14.0. The highest BCUT2D eigenvalue weighted by atomic mass is 32.2. The Kier molecular flexibility index (Phi) is 5.69. The van der Waals surface area contributed by atoms with Crippen molar-refractivity contribution in [3.05, 3.63) is 30.1 Å². The predicted molar refractivity (Wildman–Crippen MR) is 86.9 cm³/mol. The van der Waals surface area contributed by atoms with Gasteiger partial charge in [-0.25, -0.2) is 4.68 Å². The van der Waals surface area contributed by atoms with Gasteiger partial charge in [-0.2, -0.15) is 0 Å². The first-order valence-corrected chi connectivity index (χ1v) is 7.79. The quantitative estimate of drug-likeness (QED) is 0.588. The minimum absolute atomic E-state index is 0.0211. The molecule has 23 heavy (non-hydrogen) atoms. The third-order valence-corrected chi connectivity index (χ3v) is 3.90. The number of nitrogens with two attached hydrogens (primary N) is 1. The Morgan fingerprint density at radius 3 is 2.78 bits per heavy atom. The highest BCUT2D eigenvalue weighted by Gasteiger charge is 2.13. The van der Waals surface area contributed by atoms with E-state index in [2.05, 4.69) is 10.2 Å². The number of ether oxygens (including phenoxy) is 2. The topological polar surface area (TPSA) is 95.5 Å². The standard InChI is InChI=1S/C14H19N5O3S/c1-18(2)13(20)9-23-14-17-16-12(19(14)15)8-22-11-6-4-5-10(7-11)21-3/h4-7H,8-9,15H2,1-3H3. The summed E-state index contributed by atoms with van der Waals surface area (Å²) in [6, 6.07) is 7.23. The summed E-state index contributed by atoms with van der Waals surface area (Å²) in [4.78, 5) is 13.1. The zero-order valence-electron chi connectivity index (χ0n) is 13.2. The second kappa shape index (κ2) is 7.73. The molecule has 2 N–H and O–H groups in total. The van der Waals surface area contributed by atoms with Crippen molar-refractivity contribution >= 4 is 17.7 Å². The summed E-state index contributed by atoms with van der Waals surface area (Å²) < 4.78 is 12.1. The van der Waals surface area contributed by atoms with Crippen LogP contribution in [-0.2, 0) is 11.4 Å². The third kappa shape index (κ3) is 4.52. The number of carbonyl (C=O) groups excluding carboxylic acids is 1. The van der Waals surface area contributed by atoms with E-state index in [1.165, 1.54) is 21.3 Å². The third-order valence-electron chi connectivity index (χ3n) is 2.97. The van der Waals surface area contributed by atoms with Gasteiger partial charge in [0, 0.05) is 20.2 Å². The van der Waals surface area contributed by atoms with Crippen LogP contribution in [0.2, 0.25) is 0 Å². The van der Waals surface area contributed by atoms with Crippen LogP contribution in [0.1, 0.15) is 5.82 Å². The summed E-state index contributed by atoms with van der Waals surface area (Å²) in [6.07, 6.45) is 0. The molecule has 0 aliphatic heterocycles. The van der Waals surface area contributed by atoms with Gasteiger partial charge in [-0.1, -0.05) is 17.8 Å². The number of aromatic nitrogens is 3. The van der Waals surface area contributed by atoms with Crippen molar-refractivity contribution in [1.29, 1.82) is 0 Å². The van der Waals surface area contributed by atoms with E-state index in [-0.39, 0.29) is 18.3 Å². The monoisotopic (exact) mass is 337 g/mol. The average molecular weight is 337 g/mol. The van der Waals surface area contributed by atoms with Crippen LogP contribution < -0.4 is 15.3 Å². The number of nitrogen functional groups attached to an aromatic ring is 1. The van der Waals surface area contributed by atoms with Crippen LogP contribution in [0.3, 0.4) is 0 Å². The molecule has 0 aliphatic rings. The molecule has 1 aromatic carbocycles. The number of benzene rings is 1. The fourth-order valence-corrected chi connectivity index (χ4v) is 2.45. The first kappa shape index (κ1) is 16.9. The van der Waals surface area contributed by atoms with Crippen LogP contribution in [0.5, 0.6) is 11.5 Å². The summed E-state index contributed by atoms with van der Waals surface area (Å²) >= 11 is 1.23. The van der Waals surface area contributed by atoms with Crippen molar-refractivity contribution < 1.29 is 14.3 Å². The minimum Gasteiger partial charge on any atom is -0.497 e. The van der Waals surface area contributed by atoms with E-state index in [4.69, 9.17) is 15.3 Å². The number of nitrogens with zero attached hydrogens (tertiary/aromatic N) is 4. The van der Waals surface area contributed by atoms with Crippen molar-refractivity contribution in [2.45, 2.75) is 11.8 Å². The van der Waals surface area contributed by atoms with Gasteiger partial charge >= 0.3 is 0 Å². The molecule has 0 saturated heterocycles. The van der Waals surface area contributed by atoms with Crippen LogP contribution in [0.15, 0.2) is 29.4 Å². The van der Waals surface area contributed by atoms with E-state index < -0.39 is 0 Å². The summed E-state index contributed by atoms with van der Waals surface area (Å²) in [5.41, 5.74) is 0. The highest BCUT2D eigenvalue weighted by molar-refractivity contribution is 7.99. The second-order valence-corrected chi connectivity index (χ2v) is 5.76. The van der Waals surface area contributed by atoms with Gasteiger partial charge in [0.1, 0.15) is 18.1 Å². The normalized spacial score (nSPS) is 10.4. The number of amides is 1. The van der Waals surface area contributed by atoms with Crippen molar-refractivity contribution in [1.82, 2.24) is 19.8 Å². The molecule has 1 heterocycles. The molecular formula is C14H19N5O3S. The highest BCUT2D eigenvalue weighted by Crippen LogP contribution is 2.20. The minimum atomic E-state index is -0.0211. The molecule has 0 aliphatic carbocycles. The second-order valence-electron chi connectivity index (χ2n) is 4.81. The molecule has 8 nitrogen and oxygen atoms in total. The Hall–Kier alpha value is -2.42. The Morgan fingerprint density at radius 1 is 1.35 bits per heavy atom. The van der Waals surface area contributed by atoms with Gasteiger partial charge in [-0.15, -0.1) is 10.2 Å². The molecule has 0 radical (unpaired) electrons. The predicted octanol–water partition coefficient (Wildman–Crippen LogP) is 0.760. The van der Waals surface area contributed by atoms with Crippen molar-refractivity contribution in [2.75, 3.05) is 32.8 Å². The van der Waals surface area contributed by atoms with Crippen molar-refractivity contribution in [3.8, 4) is 11.5 Å². The van der Waals surface area contributed by atoms with Crippen LogP contribution in [-0.4, -0.2) is 52.6 Å². The molecule has 124 valence electrons. The largest absolute Gasteiger partial charge is 0.497 e. The van der Waals surface area contributed by atoms with Gasteiger partial charge in [0.15, 0.2) is 5.82 Å². The smallest absolute Gasteiger partial charge is 0.232 e. The molecule has 0 bridgehead atoms. The number of carbonyl (C=O) groups is 1. The first-order valence-electron chi connectivity index (χ1n) is 6.80. The summed E-state index contributed by atoms with van der Waals surface area (Å²) in [7, 11) is 4.99. The zero-order chi connectivity index (χ0) is 16.8. The van der Waals surface area contributed by atoms with E-state index in [0.29, 0.717) is 22.5 Å². The maximum atomic E-state index is 11.6. The lowest BCUT2D eigenvalue weighted by molar-refractivity contribution is -0.125. The number of methoxy groups -OCH3 is 1. The summed E-state index contributed by atoms with van der Waals surface area (Å²) in [5, 5.41) is 8.41. The van der Waals surface area contributed by atoms with E-state index in [1.807, 2.05) is 18.2 Å². The Balaban J connectivity index is 1.95. The molecule has 9 heteroatoms. The van der Waals surface area contributed by atoms with Crippen LogP contribution in [0, 0.1) is 0 Å². The Labute approximate surface area is 138 Å². The van der Waals surface area contributed by atoms with E-state index in [1.54, 1.807) is 27.3 Å². The molecule has 0 unspecified atom stereocenters. The van der Waals surface area contributed by atoms with Crippen molar-refractivity contribution in [3.63, 3.8) is 0 Å². The molecule has 0 saturated carbocycles. The maximum absolute atomic E-state index is 11.6. The Bertz CT molecular complexity index is 674. The van der Waals surface area contributed by atoms with Gasteiger partial charge in [0.25, 0.3) is 0 Å². The lowest BCUT2D eigenvalue weighted by atomic mass is 10.3. The van der Waals surface area contributed by atoms with Crippen LogP contribution >= 0.6 is 11.8 Å². The molecule has 1 aromatic heterocycles. The maximum Gasteiger partial charge on any atom is 0.232 e. The molecule has 0 atom stereocenters. The molecule has 2 rings (SSSR count). The molecule has 2 aromatic rings. The fourth-order valence-electron chi connectivity index (χ4n) is 1.60.